The molecule has 1 fully saturated rings. The first kappa shape index (κ1) is 26.0. The zero-order chi connectivity index (χ0) is 27.0. The lowest BCUT2D eigenvalue weighted by atomic mass is 9.75. The molecule has 10 heteroatoms. The number of benzene rings is 1. The number of aromatic nitrogens is 4. The van der Waals surface area contributed by atoms with E-state index < -0.39 is 30.5 Å². The first-order valence-electron chi connectivity index (χ1n) is 12.4. The van der Waals surface area contributed by atoms with Gasteiger partial charge in [-0.2, -0.15) is 13.2 Å². The summed E-state index contributed by atoms with van der Waals surface area (Å²) in [6.07, 6.45) is 0.581. The fourth-order valence-electron chi connectivity index (χ4n) is 5.53. The molecule has 1 aromatic carbocycles. The Balaban J connectivity index is 1.54. The number of halogens is 4. The predicted octanol–water partition coefficient (Wildman–Crippen LogP) is 5.63. The van der Waals surface area contributed by atoms with E-state index in [1.165, 1.54) is 29.1 Å². The Labute approximate surface area is 216 Å². The minimum absolute atomic E-state index is 0.0323. The Hall–Kier alpha value is -3.66. The molecule has 38 heavy (non-hydrogen) atoms. The highest BCUT2D eigenvalue weighted by Crippen LogP contribution is 2.41. The van der Waals surface area contributed by atoms with E-state index in [0.717, 1.165) is 11.6 Å². The smallest absolute Gasteiger partial charge is 0.390 e. The van der Waals surface area contributed by atoms with Gasteiger partial charge >= 0.3 is 6.18 Å². The lowest BCUT2D eigenvalue weighted by Crippen LogP contribution is -2.29. The average Bonchev–Trinajstić information content (AvgIpc) is 2.90. The molecule has 6 nitrogen and oxygen atoms in total. The summed E-state index contributed by atoms with van der Waals surface area (Å²) >= 11 is 0. The second-order valence-electron chi connectivity index (χ2n) is 9.73. The van der Waals surface area contributed by atoms with E-state index in [-0.39, 0.29) is 34.7 Å². The minimum Gasteiger partial charge on any atom is -0.390 e. The maximum Gasteiger partial charge on any atom is 0.418 e. The van der Waals surface area contributed by atoms with Gasteiger partial charge < -0.3 is 5.11 Å². The highest BCUT2D eigenvalue weighted by molar-refractivity contribution is 5.71. The molecule has 1 N–H and O–H groups in total. The Morgan fingerprint density at radius 2 is 1.79 bits per heavy atom. The number of aryl methyl sites for hydroxylation is 1. The molecule has 1 aliphatic rings. The summed E-state index contributed by atoms with van der Waals surface area (Å²) in [5, 5.41) is 9.54. The lowest BCUT2D eigenvalue weighted by molar-refractivity contribution is -0.138. The van der Waals surface area contributed by atoms with Crippen LogP contribution in [0.4, 0.5) is 17.6 Å². The molecule has 3 aromatic heterocycles. The normalized spacial score (nSPS) is 18.2. The predicted molar refractivity (Wildman–Crippen MR) is 133 cm³/mol. The molecule has 0 radical (unpaired) electrons. The van der Waals surface area contributed by atoms with E-state index in [9.17, 15) is 27.5 Å². The molecule has 1 aliphatic carbocycles. The van der Waals surface area contributed by atoms with Crippen LogP contribution < -0.4 is 5.56 Å². The molecule has 3 heterocycles. The maximum atomic E-state index is 14.6. The monoisotopic (exact) mass is 526 g/mol. The first-order valence-corrected chi connectivity index (χ1v) is 12.4. The topological polar surface area (TPSA) is 80.9 Å². The molecule has 198 valence electrons. The summed E-state index contributed by atoms with van der Waals surface area (Å²) in [5.41, 5.74) is 0.951. The van der Waals surface area contributed by atoms with Gasteiger partial charge in [-0.25, -0.2) is 9.37 Å². The number of fused-ring (bicyclic) bond motifs is 1. The molecule has 0 amide bonds. The minimum atomic E-state index is -4.65. The zero-order valence-electron chi connectivity index (χ0n) is 20.7. The van der Waals surface area contributed by atoms with Crippen molar-refractivity contribution >= 4 is 11.2 Å². The molecule has 0 atom stereocenters. The zero-order valence-corrected chi connectivity index (χ0v) is 20.7. The van der Waals surface area contributed by atoms with Crippen LogP contribution in [0, 0.1) is 12.7 Å². The van der Waals surface area contributed by atoms with Crippen LogP contribution in [0.5, 0.6) is 0 Å². The summed E-state index contributed by atoms with van der Waals surface area (Å²) in [5.74, 6) is -0.358. The summed E-state index contributed by atoms with van der Waals surface area (Å²) in [6.45, 7) is 1.00. The van der Waals surface area contributed by atoms with Crippen molar-refractivity contribution in [2.75, 3.05) is 0 Å². The lowest BCUT2D eigenvalue weighted by Gasteiger charge is -2.30. The molecule has 5 rings (SSSR count). The van der Waals surface area contributed by atoms with Gasteiger partial charge in [0.15, 0.2) is 5.65 Å². The van der Waals surface area contributed by atoms with E-state index in [1.54, 1.807) is 12.1 Å². The molecule has 0 aliphatic heterocycles. The SMILES string of the molecule is Cc1cccc(F)c1C1CCC(c2cc3ncc(CO)nc3n(Cc3ncccc3C(F)(F)F)c2=O)CC1. The molecule has 1 saturated carbocycles. The van der Waals surface area contributed by atoms with Crippen molar-refractivity contribution in [1.82, 2.24) is 19.5 Å². The standard InChI is InChI=1S/C28H26F4N4O2/c1-16-4-2-6-22(29)25(16)18-9-7-17(8-10-18)20-12-23-26(35-19(15-37)13-34-23)36(27(20)38)14-24-21(28(30,31)32)5-3-11-33-24/h2-6,11-13,17-18,37H,7-10,14-15H2,1H3. The highest BCUT2D eigenvalue weighted by atomic mass is 19.4. The number of aliphatic hydroxyl groups is 1. The van der Waals surface area contributed by atoms with Gasteiger partial charge in [0.2, 0.25) is 0 Å². The Bertz CT molecular complexity index is 1520. The van der Waals surface area contributed by atoms with Gasteiger partial charge in [-0.05, 0) is 79.8 Å². The molecule has 0 unspecified atom stereocenters. The molecule has 0 spiro atoms. The van der Waals surface area contributed by atoms with E-state index in [2.05, 4.69) is 15.0 Å². The van der Waals surface area contributed by atoms with E-state index in [1.807, 2.05) is 13.0 Å². The van der Waals surface area contributed by atoms with Gasteiger partial charge in [0.25, 0.3) is 5.56 Å². The van der Waals surface area contributed by atoms with E-state index in [0.29, 0.717) is 42.3 Å². The number of hydrogen-bond donors (Lipinski definition) is 1. The van der Waals surface area contributed by atoms with Gasteiger partial charge in [-0.1, -0.05) is 12.1 Å². The van der Waals surface area contributed by atoms with Crippen molar-refractivity contribution in [2.45, 2.75) is 63.8 Å². The summed E-state index contributed by atoms with van der Waals surface area (Å²) in [4.78, 5) is 26.3. The number of rotatable bonds is 5. The number of aliphatic hydroxyl groups excluding tert-OH is 1. The van der Waals surface area contributed by atoms with Crippen molar-refractivity contribution in [3.8, 4) is 0 Å². The number of hydrogen-bond acceptors (Lipinski definition) is 5. The largest absolute Gasteiger partial charge is 0.418 e. The van der Waals surface area contributed by atoms with Gasteiger partial charge in [0.1, 0.15) is 11.3 Å². The number of alkyl halides is 3. The summed E-state index contributed by atoms with van der Waals surface area (Å²) in [6, 6.07) is 8.80. The van der Waals surface area contributed by atoms with Crippen molar-refractivity contribution in [3.63, 3.8) is 0 Å². The van der Waals surface area contributed by atoms with Crippen LogP contribution in [-0.4, -0.2) is 24.6 Å². The van der Waals surface area contributed by atoms with Crippen molar-refractivity contribution in [3.05, 3.63) is 98.6 Å². The second kappa shape index (κ2) is 10.2. The van der Waals surface area contributed by atoms with Crippen LogP contribution in [0.3, 0.4) is 0 Å². The van der Waals surface area contributed by atoms with Crippen LogP contribution in [0.2, 0.25) is 0 Å². The van der Waals surface area contributed by atoms with Crippen LogP contribution in [0.25, 0.3) is 11.2 Å². The van der Waals surface area contributed by atoms with Crippen LogP contribution in [0.15, 0.2) is 53.6 Å². The molecule has 0 bridgehead atoms. The number of pyridine rings is 2. The third-order valence-electron chi connectivity index (χ3n) is 7.38. The quantitative estimate of drug-likeness (QED) is 0.341. The molecule has 0 saturated heterocycles. The second-order valence-corrected chi connectivity index (χ2v) is 9.73. The van der Waals surface area contributed by atoms with Crippen LogP contribution in [0.1, 0.15) is 71.2 Å². The van der Waals surface area contributed by atoms with E-state index in [4.69, 9.17) is 0 Å². The fraction of sp³-hybridized carbons (Fsp3) is 0.357. The van der Waals surface area contributed by atoms with Gasteiger partial charge in [0, 0.05) is 11.8 Å². The Morgan fingerprint density at radius 3 is 2.47 bits per heavy atom. The van der Waals surface area contributed by atoms with E-state index >= 15 is 0 Å². The molecular formula is C28H26F4N4O2. The van der Waals surface area contributed by atoms with Gasteiger partial charge in [0.05, 0.1) is 36.3 Å². The average molecular weight is 527 g/mol. The third kappa shape index (κ3) is 4.92. The summed E-state index contributed by atoms with van der Waals surface area (Å²) < 4.78 is 56.7. The molecular weight excluding hydrogens is 500 g/mol. The Kier molecular flexibility index (Phi) is 7.00. The van der Waals surface area contributed by atoms with Crippen LogP contribution in [-0.2, 0) is 19.3 Å². The van der Waals surface area contributed by atoms with Gasteiger partial charge in [-0.3, -0.25) is 19.3 Å². The fourth-order valence-corrected chi connectivity index (χ4v) is 5.53. The van der Waals surface area contributed by atoms with Crippen molar-refractivity contribution < 1.29 is 22.7 Å². The van der Waals surface area contributed by atoms with Crippen molar-refractivity contribution in [2.24, 2.45) is 0 Å². The number of nitrogens with zero attached hydrogens (tertiary/aromatic N) is 4. The third-order valence-corrected chi connectivity index (χ3v) is 7.38. The van der Waals surface area contributed by atoms with Crippen molar-refractivity contribution in [1.29, 1.82) is 0 Å². The first-order chi connectivity index (χ1) is 18.2. The van der Waals surface area contributed by atoms with Gasteiger partial charge in [-0.15, -0.1) is 0 Å². The highest BCUT2D eigenvalue weighted by Gasteiger charge is 2.34. The Morgan fingerprint density at radius 1 is 1.05 bits per heavy atom. The molecule has 4 aromatic rings. The summed E-state index contributed by atoms with van der Waals surface area (Å²) in [7, 11) is 0. The van der Waals surface area contributed by atoms with Crippen LogP contribution >= 0.6 is 0 Å². The maximum absolute atomic E-state index is 14.6.